The number of rotatable bonds is 5. The van der Waals surface area contributed by atoms with Gasteiger partial charge in [-0.3, -0.25) is 9.36 Å². The first-order valence-electron chi connectivity index (χ1n) is 9.18. The Kier molecular flexibility index (Phi) is 5.18. The molecule has 0 saturated heterocycles. The number of aromatic nitrogens is 2. The van der Waals surface area contributed by atoms with Crippen molar-refractivity contribution < 1.29 is 18.3 Å². The van der Waals surface area contributed by atoms with Crippen molar-refractivity contribution in [2.45, 2.75) is 6.54 Å². The fourth-order valence-electron chi connectivity index (χ4n) is 3.35. The van der Waals surface area contributed by atoms with E-state index in [0.717, 1.165) is 12.1 Å². The van der Waals surface area contributed by atoms with Gasteiger partial charge in [-0.05, 0) is 42.5 Å². The second kappa shape index (κ2) is 7.94. The second-order valence-electron chi connectivity index (χ2n) is 6.61. The number of nitrogens with zero attached hydrogens (tertiary/aromatic N) is 2. The molecule has 1 aromatic heterocycles. The van der Waals surface area contributed by atoms with Gasteiger partial charge in [-0.15, -0.1) is 0 Å². The lowest BCUT2D eigenvalue weighted by Gasteiger charge is -2.16. The zero-order valence-electron chi connectivity index (χ0n) is 16.4. The third-order valence-corrected chi connectivity index (χ3v) is 4.88. The topological polar surface area (TPSA) is 53.3 Å². The van der Waals surface area contributed by atoms with Crippen molar-refractivity contribution in [1.29, 1.82) is 0 Å². The van der Waals surface area contributed by atoms with E-state index in [1.807, 2.05) is 0 Å². The van der Waals surface area contributed by atoms with Gasteiger partial charge >= 0.3 is 0 Å². The Labute approximate surface area is 171 Å². The molecule has 0 aliphatic carbocycles. The summed E-state index contributed by atoms with van der Waals surface area (Å²) in [5.41, 5.74) is 0.427. The highest BCUT2D eigenvalue weighted by atomic mass is 19.1. The fourth-order valence-corrected chi connectivity index (χ4v) is 3.35. The molecule has 0 aliphatic heterocycles. The monoisotopic (exact) mass is 408 g/mol. The van der Waals surface area contributed by atoms with Gasteiger partial charge in [-0.25, -0.2) is 13.8 Å². The summed E-state index contributed by atoms with van der Waals surface area (Å²) >= 11 is 0. The molecular formula is C23H18F2N2O3. The molecule has 0 fully saturated rings. The highest BCUT2D eigenvalue weighted by Crippen LogP contribution is 2.32. The molecule has 0 saturated carbocycles. The van der Waals surface area contributed by atoms with E-state index in [1.165, 1.54) is 24.9 Å². The molecule has 1 heterocycles. The summed E-state index contributed by atoms with van der Waals surface area (Å²) in [5, 5.41) is 0.360. The number of hydrogen-bond acceptors (Lipinski definition) is 4. The minimum absolute atomic E-state index is 0.210. The van der Waals surface area contributed by atoms with Crippen LogP contribution in [0, 0.1) is 11.6 Å². The highest BCUT2D eigenvalue weighted by molar-refractivity contribution is 5.80. The molecule has 0 amide bonds. The van der Waals surface area contributed by atoms with E-state index in [4.69, 9.17) is 9.47 Å². The quantitative estimate of drug-likeness (QED) is 0.491. The maximum Gasteiger partial charge on any atom is 0.261 e. The Bertz CT molecular complexity index is 1280. The SMILES string of the molecule is COc1ccc(-c2nc3ccccc3c(=O)n2Cc2c(F)cccc2F)cc1OC. The van der Waals surface area contributed by atoms with E-state index in [1.54, 1.807) is 42.5 Å². The van der Waals surface area contributed by atoms with Crippen molar-refractivity contribution in [3.63, 3.8) is 0 Å². The van der Waals surface area contributed by atoms with Crippen molar-refractivity contribution in [3.05, 3.63) is 88.2 Å². The minimum Gasteiger partial charge on any atom is -0.493 e. The Hall–Kier alpha value is -3.74. The van der Waals surface area contributed by atoms with E-state index in [0.29, 0.717) is 28.0 Å². The average molecular weight is 408 g/mol. The van der Waals surface area contributed by atoms with Gasteiger partial charge in [0.2, 0.25) is 0 Å². The predicted molar refractivity (Wildman–Crippen MR) is 110 cm³/mol. The highest BCUT2D eigenvalue weighted by Gasteiger charge is 2.18. The molecule has 0 radical (unpaired) electrons. The first kappa shape index (κ1) is 19.6. The first-order valence-corrected chi connectivity index (χ1v) is 9.18. The molecule has 0 bridgehead atoms. The number of ether oxygens (including phenoxy) is 2. The predicted octanol–water partition coefficient (Wildman–Crippen LogP) is 4.41. The standard InChI is InChI=1S/C23H18F2N2O3/c1-29-20-11-10-14(12-21(20)30-2)22-26-19-9-4-3-6-15(19)23(28)27(22)13-16-17(24)7-5-8-18(16)25/h3-12H,13H2,1-2H3. The number of methoxy groups -OCH3 is 2. The Morgan fingerprint density at radius 1 is 0.900 bits per heavy atom. The Balaban J connectivity index is 1.99. The average Bonchev–Trinajstić information content (AvgIpc) is 2.77. The summed E-state index contributed by atoms with van der Waals surface area (Å²) in [6.45, 7) is -0.307. The van der Waals surface area contributed by atoms with Crippen LogP contribution in [0.3, 0.4) is 0 Å². The molecule has 4 rings (SSSR count). The third kappa shape index (κ3) is 3.39. The van der Waals surface area contributed by atoms with Crippen molar-refractivity contribution in [2.75, 3.05) is 14.2 Å². The summed E-state index contributed by atoms with van der Waals surface area (Å²) in [6, 6.07) is 15.5. The number of hydrogen-bond donors (Lipinski definition) is 0. The summed E-state index contributed by atoms with van der Waals surface area (Å²) in [6.07, 6.45) is 0. The van der Waals surface area contributed by atoms with Gasteiger partial charge in [0.1, 0.15) is 17.5 Å². The van der Waals surface area contributed by atoms with Gasteiger partial charge in [-0.2, -0.15) is 0 Å². The zero-order valence-corrected chi connectivity index (χ0v) is 16.4. The third-order valence-electron chi connectivity index (χ3n) is 4.88. The molecule has 0 spiro atoms. The summed E-state index contributed by atoms with van der Waals surface area (Å²) in [4.78, 5) is 17.9. The summed E-state index contributed by atoms with van der Waals surface area (Å²) in [7, 11) is 3.01. The number of fused-ring (bicyclic) bond motifs is 1. The van der Waals surface area contributed by atoms with Gasteiger partial charge < -0.3 is 9.47 Å². The Morgan fingerprint density at radius 2 is 1.60 bits per heavy atom. The van der Waals surface area contributed by atoms with Crippen LogP contribution in [-0.4, -0.2) is 23.8 Å². The molecule has 152 valence electrons. The van der Waals surface area contributed by atoms with Crippen LogP contribution in [0.5, 0.6) is 11.5 Å². The first-order chi connectivity index (χ1) is 14.5. The summed E-state index contributed by atoms with van der Waals surface area (Å²) in [5.74, 6) is -0.235. The summed E-state index contributed by atoms with van der Waals surface area (Å²) < 4.78 is 40.5. The van der Waals surface area contributed by atoms with Crippen molar-refractivity contribution >= 4 is 10.9 Å². The largest absolute Gasteiger partial charge is 0.493 e. The fraction of sp³-hybridized carbons (Fsp3) is 0.130. The molecule has 3 aromatic carbocycles. The van der Waals surface area contributed by atoms with Crippen LogP contribution in [0.25, 0.3) is 22.3 Å². The van der Waals surface area contributed by atoms with Crippen LogP contribution >= 0.6 is 0 Å². The maximum absolute atomic E-state index is 14.3. The second-order valence-corrected chi connectivity index (χ2v) is 6.61. The Morgan fingerprint density at radius 3 is 2.30 bits per heavy atom. The van der Waals surface area contributed by atoms with Crippen molar-refractivity contribution in [1.82, 2.24) is 9.55 Å². The molecular weight excluding hydrogens is 390 g/mol. The van der Waals surface area contributed by atoms with Gasteiger partial charge in [-0.1, -0.05) is 18.2 Å². The molecule has 0 N–H and O–H groups in total. The molecule has 0 unspecified atom stereocenters. The van der Waals surface area contributed by atoms with E-state index in [2.05, 4.69) is 4.98 Å². The van der Waals surface area contributed by atoms with E-state index >= 15 is 0 Å². The van der Waals surface area contributed by atoms with Gasteiger partial charge in [0, 0.05) is 11.1 Å². The lowest BCUT2D eigenvalue weighted by Crippen LogP contribution is -2.25. The van der Waals surface area contributed by atoms with Crippen molar-refractivity contribution in [3.8, 4) is 22.9 Å². The van der Waals surface area contributed by atoms with Crippen LogP contribution in [0.4, 0.5) is 8.78 Å². The zero-order chi connectivity index (χ0) is 21.3. The van der Waals surface area contributed by atoms with Crippen LogP contribution in [0.15, 0.2) is 65.5 Å². The van der Waals surface area contributed by atoms with Gasteiger partial charge in [0.05, 0.1) is 31.7 Å². The van der Waals surface area contributed by atoms with E-state index in [9.17, 15) is 13.6 Å². The molecule has 7 heteroatoms. The minimum atomic E-state index is -0.728. The van der Waals surface area contributed by atoms with E-state index < -0.39 is 17.2 Å². The smallest absolute Gasteiger partial charge is 0.261 e. The molecule has 0 atom stereocenters. The number of halogens is 2. The van der Waals surface area contributed by atoms with Crippen LogP contribution in [0.1, 0.15) is 5.56 Å². The van der Waals surface area contributed by atoms with Gasteiger partial charge in [0.15, 0.2) is 11.5 Å². The van der Waals surface area contributed by atoms with Crippen LogP contribution in [-0.2, 0) is 6.54 Å². The van der Waals surface area contributed by atoms with Gasteiger partial charge in [0.25, 0.3) is 5.56 Å². The molecule has 5 nitrogen and oxygen atoms in total. The molecule has 0 aliphatic rings. The van der Waals surface area contributed by atoms with Crippen LogP contribution in [0.2, 0.25) is 0 Å². The van der Waals surface area contributed by atoms with E-state index in [-0.39, 0.29) is 17.9 Å². The van der Waals surface area contributed by atoms with Crippen molar-refractivity contribution in [2.24, 2.45) is 0 Å². The maximum atomic E-state index is 14.3. The normalized spacial score (nSPS) is 10.9. The number of benzene rings is 3. The lowest BCUT2D eigenvalue weighted by atomic mass is 10.1. The molecule has 4 aromatic rings. The molecule has 30 heavy (non-hydrogen) atoms. The lowest BCUT2D eigenvalue weighted by molar-refractivity contribution is 0.355. The number of para-hydroxylation sites is 1. The van der Waals surface area contributed by atoms with Crippen LogP contribution < -0.4 is 15.0 Å².